The molecule has 7 heteroatoms. The second-order valence-corrected chi connectivity index (χ2v) is 3.30. The molecule has 80 valence electrons. The Hall–Kier alpha value is -1.89. The zero-order chi connectivity index (χ0) is 10.8. The standard InChI is InChI=1S/C8H12N6O/c1-4(2)15-7-5-3-10-14-6(5)11-8(12-7)13-9/h3-4H,9H2,1-2H3,(H2,10,11,12,13,14). The van der Waals surface area contributed by atoms with Crippen LogP contribution in [0.2, 0.25) is 0 Å². The van der Waals surface area contributed by atoms with Gasteiger partial charge in [0.25, 0.3) is 0 Å². The predicted molar refractivity (Wildman–Crippen MR) is 55.3 cm³/mol. The van der Waals surface area contributed by atoms with E-state index in [-0.39, 0.29) is 6.10 Å². The Morgan fingerprint density at radius 2 is 2.27 bits per heavy atom. The van der Waals surface area contributed by atoms with Crippen LogP contribution in [-0.2, 0) is 0 Å². The van der Waals surface area contributed by atoms with Gasteiger partial charge in [-0.05, 0) is 13.8 Å². The first-order valence-corrected chi connectivity index (χ1v) is 4.55. The molecule has 0 fully saturated rings. The molecule has 2 aromatic rings. The first kappa shape index (κ1) is 9.66. The number of hydrazine groups is 1. The minimum atomic E-state index is 0.0311. The van der Waals surface area contributed by atoms with Crippen LogP contribution >= 0.6 is 0 Å². The summed E-state index contributed by atoms with van der Waals surface area (Å²) in [6.45, 7) is 3.84. The fourth-order valence-electron chi connectivity index (χ4n) is 1.19. The molecule has 7 nitrogen and oxygen atoms in total. The van der Waals surface area contributed by atoms with E-state index in [4.69, 9.17) is 10.6 Å². The number of nitrogen functional groups attached to an aromatic ring is 1. The number of hydrogen-bond acceptors (Lipinski definition) is 6. The van der Waals surface area contributed by atoms with Gasteiger partial charge in [-0.25, -0.2) is 5.84 Å². The third-order valence-electron chi connectivity index (χ3n) is 1.75. The minimum Gasteiger partial charge on any atom is -0.474 e. The summed E-state index contributed by atoms with van der Waals surface area (Å²) in [7, 11) is 0. The first-order chi connectivity index (χ1) is 7.20. The van der Waals surface area contributed by atoms with Crippen LogP contribution in [-0.4, -0.2) is 26.3 Å². The number of anilines is 1. The van der Waals surface area contributed by atoms with E-state index in [2.05, 4.69) is 25.6 Å². The maximum Gasteiger partial charge on any atom is 0.242 e. The second kappa shape index (κ2) is 3.70. The van der Waals surface area contributed by atoms with Crippen LogP contribution in [0.3, 0.4) is 0 Å². The normalized spacial score (nSPS) is 10.9. The number of H-pyrrole nitrogens is 1. The van der Waals surface area contributed by atoms with Crippen LogP contribution in [0.4, 0.5) is 5.95 Å². The topological polar surface area (TPSA) is 102 Å². The van der Waals surface area contributed by atoms with Crippen LogP contribution in [0.25, 0.3) is 11.0 Å². The molecule has 0 saturated carbocycles. The van der Waals surface area contributed by atoms with Gasteiger partial charge in [0.05, 0.1) is 12.3 Å². The third-order valence-corrected chi connectivity index (χ3v) is 1.75. The average molecular weight is 208 g/mol. The highest BCUT2D eigenvalue weighted by Gasteiger charge is 2.11. The maximum absolute atomic E-state index is 5.52. The minimum absolute atomic E-state index is 0.0311. The van der Waals surface area contributed by atoms with E-state index in [9.17, 15) is 0 Å². The second-order valence-electron chi connectivity index (χ2n) is 3.30. The van der Waals surface area contributed by atoms with Crippen LogP contribution in [0.15, 0.2) is 6.20 Å². The van der Waals surface area contributed by atoms with E-state index in [1.165, 1.54) is 0 Å². The number of fused-ring (bicyclic) bond motifs is 1. The summed E-state index contributed by atoms with van der Waals surface area (Å²) in [5, 5.41) is 7.34. The molecule has 0 aromatic carbocycles. The number of nitrogens with one attached hydrogen (secondary N) is 2. The summed E-state index contributed by atoms with van der Waals surface area (Å²) in [6, 6.07) is 0. The van der Waals surface area contributed by atoms with Crippen molar-refractivity contribution in [3.05, 3.63) is 6.20 Å². The zero-order valence-electron chi connectivity index (χ0n) is 8.48. The first-order valence-electron chi connectivity index (χ1n) is 4.55. The van der Waals surface area contributed by atoms with Crippen LogP contribution in [0.5, 0.6) is 5.88 Å². The lowest BCUT2D eigenvalue weighted by Crippen LogP contribution is -2.13. The van der Waals surface area contributed by atoms with Crippen molar-refractivity contribution in [2.24, 2.45) is 5.84 Å². The zero-order valence-corrected chi connectivity index (χ0v) is 8.48. The summed E-state index contributed by atoms with van der Waals surface area (Å²) < 4.78 is 5.52. The highest BCUT2D eigenvalue weighted by Crippen LogP contribution is 2.22. The number of ether oxygens (including phenoxy) is 1. The molecule has 2 rings (SSSR count). The van der Waals surface area contributed by atoms with Gasteiger partial charge in [-0.3, -0.25) is 10.5 Å². The smallest absolute Gasteiger partial charge is 0.242 e. The monoisotopic (exact) mass is 208 g/mol. The van der Waals surface area contributed by atoms with E-state index >= 15 is 0 Å². The molecule has 0 aliphatic heterocycles. The fourth-order valence-corrected chi connectivity index (χ4v) is 1.19. The van der Waals surface area contributed by atoms with Crippen molar-refractivity contribution in [1.82, 2.24) is 20.2 Å². The lowest BCUT2D eigenvalue weighted by atomic mass is 10.4. The number of aromatic amines is 1. The van der Waals surface area contributed by atoms with Crippen molar-refractivity contribution in [2.75, 3.05) is 5.43 Å². The lowest BCUT2D eigenvalue weighted by Gasteiger charge is -2.09. The van der Waals surface area contributed by atoms with E-state index in [0.717, 1.165) is 5.39 Å². The van der Waals surface area contributed by atoms with Crippen molar-refractivity contribution >= 4 is 17.0 Å². The van der Waals surface area contributed by atoms with Crippen LogP contribution in [0.1, 0.15) is 13.8 Å². The van der Waals surface area contributed by atoms with Crippen LogP contribution < -0.4 is 16.0 Å². The maximum atomic E-state index is 5.52. The van der Waals surface area contributed by atoms with Gasteiger partial charge >= 0.3 is 0 Å². The molecule has 0 spiro atoms. The summed E-state index contributed by atoms with van der Waals surface area (Å²) in [5.41, 5.74) is 2.96. The third kappa shape index (κ3) is 1.82. The van der Waals surface area contributed by atoms with Crippen molar-refractivity contribution < 1.29 is 4.74 Å². The van der Waals surface area contributed by atoms with E-state index < -0.39 is 0 Å². The summed E-state index contributed by atoms with van der Waals surface area (Å²) in [6.07, 6.45) is 1.65. The van der Waals surface area contributed by atoms with Crippen molar-refractivity contribution in [3.8, 4) is 5.88 Å². The van der Waals surface area contributed by atoms with Crippen LogP contribution in [0, 0.1) is 0 Å². The fraction of sp³-hybridized carbons (Fsp3) is 0.375. The van der Waals surface area contributed by atoms with Gasteiger partial charge in [-0.1, -0.05) is 0 Å². The molecular formula is C8H12N6O. The number of hydrogen-bond donors (Lipinski definition) is 3. The summed E-state index contributed by atoms with van der Waals surface area (Å²) in [4.78, 5) is 8.18. The van der Waals surface area contributed by atoms with Gasteiger partial charge in [-0.15, -0.1) is 0 Å². The number of nitrogens with zero attached hydrogens (tertiary/aromatic N) is 3. The van der Waals surface area contributed by atoms with Gasteiger partial charge < -0.3 is 4.74 Å². The molecule has 4 N–H and O–H groups in total. The molecule has 2 heterocycles. The highest BCUT2D eigenvalue weighted by molar-refractivity contribution is 5.80. The molecular weight excluding hydrogens is 196 g/mol. The molecule has 0 unspecified atom stereocenters. The molecule has 0 radical (unpaired) electrons. The summed E-state index contributed by atoms with van der Waals surface area (Å²) >= 11 is 0. The lowest BCUT2D eigenvalue weighted by molar-refractivity contribution is 0.236. The molecule has 0 aliphatic carbocycles. The molecule has 0 atom stereocenters. The number of rotatable bonds is 3. The molecule has 0 bridgehead atoms. The Kier molecular flexibility index (Phi) is 2.38. The Labute approximate surface area is 86.0 Å². The SMILES string of the molecule is CC(C)Oc1nc(NN)nc2[nH]ncc12. The number of nitrogens with two attached hydrogens (primary N) is 1. The molecule has 0 saturated heterocycles. The molecule has 0 aliphatic rings. The van der Waals surface area contributed by atoms with Gasteiger partial charge in [-0.2, -0.15) is 15.1 Å². The molecule has 15 heavy (non-hydrogen) atoms. The quantitative estimate of drug-likeness (QED) is 0.499. The highest BCUT2D eigenvalue weighted by atomic mass is 16.5. The summed E-state index contributed by atoms with van der Waals surface area (Å²) in [5.74, 6) is 6.01. The Morgan fingerprint density at radius 1 is 1.47 bits per heavy atom. The largest absolute Gasteiger partial charge is 0.474 e. The van der Waals surface area contributed by atoms with Crippen molar-refractivity contribution in [1.29, 1.82) is 0 Å². The Balaban J connectivity index is 2.53. The van der Waals surface area contributed by atoms with E-state index in [1.807, 2.05) is 13.8 Å². The average Bonchev–Trinajstić information content (AvgIpc) is 2.64. The Morgan fingerprint density at radius 3 is 2.93 bits per heavy atom. The van der Waals surface area contributed by atoms with Gasteiger partial charge in [0.1, 0.15) is 5.39 Å². The van der Waals surface area contributed by atoms with Crippen molar-refractivity contribution in [2.45, 2.75) is 20.0 Å². The molecule has 0 amide bonds. The van der Waals surface area contributed by atoms with Gasteiger partial charge in [0.2, 0.25) is 11.8 Å². The predicted octanol–water partition coefficient (Wildman–Crippen LogP) is 0.426. The number of aromatic nitrogens is 4. The molecule has 2 aromatic heterocycles. The Bertz CT molecular complexity index is 465. The van der Waals surface area contributed by atoms with Crippen molar-refractivity contribution in [3.63, 3.8) is 0 Å². The van der Waals surface area contributed by atoms with Gasteiger partial charge in [0, 0.05) is 0 Å². The van der Waals surface area contributed by atoms with E-state index in [1.54, 1.807) is 6.20 Å². The van der Waals surface area contributed by atoms with Gasteiger partial charge in [0.15, 0.2) is 5.65 Å². The van der Waals surface area contributed by atoms with E-state index in [0.29, 0.717) is 17.5 Å².